The first-order valence-electron chi connectivity index (χ1n) is 5.66. The van der Waals surface area contributed by atoms with Crippen LogP contribution in [0.1, 0.15) is 54.0 Å². The molecule has 0 unspecified atom stereocenters. The van der Waals surface area contributed by atoms with Gasteiger partial charge < -0.3 is 5.11 Å². The second-order valence-corrected chi connectivity index (χ2v) is 5.17. The summed E-state index contributed by atoms with van der Waals surface area (Å²) < 4.78 is 0. The number of carbonyl (C=O) groups is 1. The van der Waals surface area contributed by atoms with Gasteiger partial charge in [0.1, 0.15) is 0 Å². The zero-order valence-corrected chi connectivity index (χ0v) is 10.0. The Labute approximate surface area is 95.5 Å². The van der Waals surface area contributed by atoms with Crippen LogP contribution in [0.3, 0.4) is 0 Å². The third kappa shape index (κ3) is 1.70. The number of hydrogen-bond donors (Lipinski definition) is 1. The first-order chi connectivity index (χ1) is 7.42. The van der Waals surface area contributed by atoms with Crippen molar-refractivity contribution >= 4 is 5.97 Å². The van der Waals surface area contributed by atoms with Gasteiger partial charge in [-0.2, -0.15) is 0 Å². The van der Waals surface area contributed by atoms with E-state index in [1.54, 1.807) is 13.0 Å². The highest BCUT2D eigenvalue weighted by Crippen LogP contribution is 2.36. The Balaban J connectivity index is 2.60. The van der Waals surface area contributed by atoms with E-state index >= 15 is 0 Å². The Hall–Kier alpha value is -1.38. The van der Waals surface area contributed by atoms with E-state index in [0.717, 1.165) is 30.5 Å². The van der Waals surface area contributed by atoms with Crippen LogP contribution in [0, 0.1) is 6.92 Å². The Kier molecular flexibility index (Phi) is 2.49. The van der Waals surface area contributed by atoms with Gasteiger partial charge in [0.25, 0.3) is 0 Å². The molecule has 0 saturated carbocycles. The van der Waals surface area contributed by atoms with Crippen molar-refractivity contribution in [3.63, 3.8) is 0 Å². The predicted octanol–water partition coefficient (Wildman–Crippen LogP) is 2.70. The molecule has 86 valence electrons. The lowest BCUT2D eigenvalue weighted by Gasteiger charge is -2.31. The van der Waals surface area contributed by atoms with Crippen LogP contribution < -0.4 is 0 Å². The topological polar surface area (TPSA) is 50.2 Å². The third-order valence-corrected chi connectivity index (χ3v) is 3.41. The number of aromatic nitrogens is 1. The summed E-state index contributed by atoms with van der Waals surface area (Å²) in [6.45, 7) is 6.13. The molecular weight excluding hydrogens is 202 g/mol. The van der Waals surface area contributed by atoms with Crippen LogP contribution in [-0.2, 0) is 11.8 Å². The average Bonchev–Trinajstić information content (AvgIpc) is 2.17. The van der Waals surface area contributed by atoms with Crippen molar-refractivity contribution in [3.05, 3.63) is 28.6 Å². The predicted molar refractivity (Wildman–Crippen MR) is 61.9 cm³/mol. The van der Waals surface area contributed by atoms with Gasteiger partial charge >= 0.3 is 5.97 Å². The van der Waals surface area contributed by atoms with E-state index in [2.05, 4.69) is 18.8 Å². The van der Waals surface area contributed by atoms with Gasteiger partial charge in [-0.1, -0.05) is 13.8 Å². The second kappa shape index (κ2) is 3.58. The molecule has 2 rings (SSSR count). The Bertz CT molecular complexity index is 449. The number of fused-ring (bicyclic) bond motifs is 1. The van der Waals surface area contributed by atoms with Gasteiger partial charge in [-0.15, -0.1) is 0 Å². The number of pyridine rings is 1. The molecule has 3 heteroatoms. The van der Waals surface area contributed by atoms with Crippen molar-refractivity contribution in [3.8, 4) is 0 Å². The number of nitrogens with zero attached hydrogens (tertiary/aromatic N) is 1. The maximum atomic E-state index is 11.0. The van der Waals surface area contributed by atoms with Gasteiger partial charge in [0.2, 0.25) is 0 Å². The molecule has 0 atom stereocenters. The van der Waals surface area contributed by atoms with Crippen molar-refractivity contribution in [2.75, 3.05) is 0 Å². The maximum Gasteiger partial charge on any atom is 0.337 e. The second-order valence-electron chi connectivity index (χ2n) is 5.17. The number of carboxylic acid groups (broad SMARTS) is 1. The SMILES string of the molecule is Cc1nc2c(cc1C(=O)O)CCCC2(C)C. The summed E-state index contributed by atoms with van der Waals surface area (Å²) in [5.41, 5.74) is 3.24. The monoisotopic (exact) mass is 219 g/mol. The van der Waals surface area contributed by atoms with Crippen molar-refractivity contribution < 1.29 is 9.90 Å². The molecule has 16 heavy (non-hydrogen) atoms. The molecular formula is C13H17NO2. The molecule has 3 nitrogen and oxygen atoms in total. The molecule has 1 heterocycles. The van der Waals surface area contributed by atoms with Gasteiger partial charge in [-0.05, 0) is 37.8 Å². The van der Waals surface area contributed by atoms with E-state index in [-0.39, 0.29) is 5.41 Å². The lowest BCUT2D eigenvalue weighted by molar-refractivity contribution is 0.0695. The maximum absolute atomic E-state index is 11.0. The Morgan fingerprint density at radius 1 is 1.50 bits per heavy atom. The van der Waals surface area contributed by atoms with Crippen molar-refractivity contribution in [2.45, 2.75) is 45.4 Å². The van der Waals surface area contributed by atoms with Gasteiger partial charge in [-0.25, -0.2) is 4.79 Å². The molecule has 1 aromatic rings. The number of aromatic carboxylic acids is 1. The first-order valence-corrected chi connectivity index (χ1v) is 5.66. The summed E-state index contributed by atoms with van der Waals surface area (Å²) in [5.74, 6) is -0.879. The summed E-state index contributed by atoms with van der Waals surface area (Å²) in [6, 6.07) is 1.81. The molecule has 0 fully saturated rings. The average molecular weight is 219 g/mol. The number of carboxylic acids is 1. The first kappa shape index (κ1) is 11.1. The van der Waals surface area contributed by atoms with E-state index in [1.807, 2.05) is 0 Å². The molecule has 0 aliphatic heterocycles. The lowest BCUT2D eigenvalue weighted by Crippen LogP contribution is -2.26. The molecule has 1 aliphatic rings. The molecule has 0 bridgehead atoms. The van der Waals surface area contributed by atoms with Gasteiger partial charge in [0, 0.05) is 11.1 Å². The smallest absolute Gasteiger partial charge is 0.337 e. The zero-order valence-electron chi connectivity index (χ0n) is 10.0. The number of hydrogen-bond acceptors (Lipinski definition) is 2. The quantitative estimate of drug-likeness (QED) is 0.790. The van der Waals surface area contributed by atoms with E-state index in [0.29, 0.717) is 11.3 Å². The standard InChI is InChI=1S/C13H17NO2/c1-8-10(12(15)16)7-9-5-4-6-13(2,3)11(9)14-8/h7H,4-6H2,1-3H3,(H,15,16). The Morgan fingerprint density at radius 2 is 2.19 bits per heavy atom. The van der Waals surface area contributed by atoms with Crippen LogP contribution in [0.25, 0.3) is 0 Å². The third-order valence-electron chi connectivity index (χ3n) is 3.41. The highest BCUT2D eigenvalue weighted by molar-refractivity contribution is 5.89. The summed E-state index contributed by atoms with van der Waals surface area (Å²) >= 11 is 0. The fraction of sp³-hybridized carbons (Fsp3) is 0.538. The van der Waals surface area contributed by atoms with Gasteiger partial charge in [0.15, 0.2) is 0 Å². The lowest BCUT2D eigenvalue weighted by atomic mass is 9.75. The van der Waals surface area contributed by atoms with Crippen LogP contribution in [0.4, 0.5) is 0 Å². The minimum absolute atomic E-state index is 0.0787. The fourth-order valence-electron chi connectivity index (χ4n) is 2.48. The summed E-state index contributed by atoms with van der Waals surface area (Å²) in [4.78, 5) is 15.5. The van der Waals surface area contributed by atoms with Crippen LogP contribution in [-0.4, -0.2) is 16.1 Å². The molecule has 1 aromatic heterocycles. The van der Waals surface area contributed by atoms with Crippen molar-refractivity contribution in [1.29, 1.82) is 0 Å². The largest absolute Gasteiger partial charge is 0.478 e. The number of aryl methyl sites for hydroxylation is 2. The minimum Gasteiger partial charge on any atom is -0.478 e. The Morgan fingerprint density at radius 3 is 2.81 bits per heavy atom. The molecule has 0 aromatic carbocycles. The highest BCUT2D eigenvalue weighted by Gasteiger charge is 2.30. The summed E-state index contributed by atoms with van der Waals surface area (Å²) in [5, 5.41) is 9.06. The molecule has 0 radical (unpaired) electrons. The van der Waals surface area contributed by atoms with Crippen LogP contribution in [0.15, 0.2) is 6.07 Å². The summed E-state index contributed by atoms with van der Waals surface area (Å²) in [6.07, 6.45) is 3.19. The van der Waals surface area contributed by atoms with E-state index < -0.39 is 5.97 Å². The minimum atomic E-state index is -0.879. The van der Waals surface area contributed by atoms with Gasteiger partial charge in [0.05, 0.1) is 11.3 Å². The van der Waals surface area contributed by atoms with Crippen molar-refractivity contribution in [1.82, 2.24) is 4.98 Å². The highest BCUT2D eigenvalue weighted by atomic mass is 16.4. The fourth-order valence-corrected chi connectivity index (χ4v) is 2.48. The van der Waals surface area contributed by atoms with Crippen LogP contribution >= 0.6 is 0 Å². The van der Waals surface area contributed by atoms with E-state index in [1.165, 1.54) is 0 Å². The van der Waals surface area contributed by atoms with Crippen LogP contribution in [0.5, 0.6) is 0 Å². The van der Waals surface area contributed by atoms with Gasteiger partial charge in [-0.3, -0.25) is 4.98 Å². The zero-order chi connectivity index (χ0) is 11.9. The summed E-state index contributed by atoms with van der Waals surface area (Å²) in [7, 11) is 0. The molecule has 1 aliphatic carbocycles. The molecule has 0 amide bonds. The molecule has 0 saturated heterocycles. The molecule has 0 spiro atoms. The van der Waals surface area contributed by atoms with E-state index in [9.17, 15) is 4.79 Å². The van der Waals surface area contributed by atoms with Crippen molar-refractivity contribution in [2.24, 2.45) is 0 Å². The van der Waals surface area contributed by atoms with E-state index in [4.69, 9.17) is 5.11 Å². The molecule has 1 N–H and O–H groups in total. The number of rotatable bonds is 1. The normalized spacial score (nSPS) is 17.9. The van der Waals surface area contributed by atoms with Crippen LogP contribution in [0.2, 0.25) is 0 Å².